The summed E-state index contributed by atoms with van der Waals surface area (Å²) in [6.07, 6.45) is 0.945. The Hall–Kier alpha value is -2.13. The Morgan fingerprint density at radius 3 is 2.24 bits per heavy atom. The average Bonchev–Trinajstić information content (AvgIpc) is 2.55. The molecule has 21 heavy (non-hydrogen) atoms. The predicted octanol–water partition coefficient (Wildman–Crippen LogP) is 2.89. The molecule has 0 aliphatic carbocycles. The first-order chi connectivity index (χ1) is 10.1. The Morgan fingerprint density at radius 2 is 1.71 bits per heavy atom. The molecule has 0 heterocycles. The highest BCUT2D eigenvalue weighted by molar-refractivity contribution is 5.94. The Bertz CT molecular complexity index is 592. The fraction of sp³-hybridized carbons (Fsp3) is 0.278. The Balaban J connectivity index is 2.19. The number of carbonyl (C=O) groups excluding carboxylic acids is 1. The van der Waals surface area contributed by atoms with Gasteiger partial charge in [-0.3, -0.25) is 4.79 Å². The third-order valence-corrected chi connectivity index (χ3v) is 3.74. The van der Waals surface area contributed by atoms with Crippen LogP contribution in [0.3, 0.4) is 0 Å². The third kappa shape index (κ3) is 3.50. The quantitative estimate of drug-likeness (QED) is 0.886. The summed E-state index contributed by atoms with van der Waals surface area (Å²) in [7, 11) is 0. The van der Waals surface area contributed by atoms with Crippen molar-refractivity contribution >= 4 is 5.91 Å². The zero-order chi connectivity index (χ0) is 15.3. The number of nitrogens with one attached hydrogen (secondary N) is 1. The molecule has 110 valence electrons. The van der Waals surface area contributed by atoms with Crippen LogP contribution in [-0.2, 0) is 12.0 Å². The summed E-state index contributed by atoms with van der Waals surface area (Å²) < 4.78 is 0. The monoisotopic (exact) mass is 283 g/mol. The molecule has 1 unspecified atom stereocenters. The summed E-state index contributed by atoms with van der Waals surface area (Å²) in [4.78, 5) is 12.4. The molecule has 0 aromatic heterocycles. The molecule has 2 aromatic carbocycles. The van der Waals surface area contributed by atoms with Crippen LogP contribution >= 0.6 is 0 Å². The second-order valence-electron chi connectivity index (χ2n) is 5.36. The lowest BCUT2D eigenvalue weighted by Gasteiger charge is -2.29. The lowest BCUT2D eigenvalue weighted by molar-refractivity contribution is 0.0849. The normalized spacial score (nSPS) is 13.5. The van der Waals surface area contributed by atoms with Gasteiger partial charge in [-0.05, 0) is 36.6 Å². The fourth-order valence-electron chi connectivity index (χ4n) is 2.22. The zero-order valence-electron chi connectivity index (χ0n) is 12.5. The van der Waals surface area contributed by atoms with Gasteiger partial charge in [-0.15, -0.1) is 0 Å². The molecule has 2 aromatic rings. The highest BCUT2D eigenvalue weighted by Crippen LogP contribution is 2.20. The van der Waals surface area contributed by atoms with Gasteiger partial charge in [0.05, 0.1) is 12.1 Å². The van der Waals surface area contributed by atoms with Crippen molar-refractivity contribution in [2.24, 2.45) is 0 Å². The van der Waals surface area contributed by atoms with Crippen LogP contribution in [0.4, 0.5) is 0 Å². The molecule has 0 saturated heterocycles. The lowest BCUT2D eigenvalue weighted by atomic mass is 9.92. The van der Waals surface area contributed by atoms with Crippen LogP contribution in [0.25, 0.3) is 0 Å². The van der Waals surface area contributed by atoms with Crippen molar-refractivity contribution in [3.63, 3.8) is 0 Å². The summed E-state index contributed by atoms with van der Waals surface area (Å²) in [6, 6.07) is 17.0. The van der Waals surface area contributed by atoms with E-state index in [2.05, 4.69) is 12.2 Å². The summed E-state index contributed by atoms with van der Waals surface area (Å²) in [5, 5.41) is 12.6. The van der Waals surface area contributed by atoms with Crippen molar-refractivity contribution in [1.82, 2.24) is 5.32 Å². The molecule has 0 fully saturated rings. The van der Waals surface area contributed by atoms with E-state index in [0.717, 1.165) is 12.0 Å². The summed E-state index contributed by atoms with van der Waals surface area (Å²) in [6.45, 7) is 3.74. The van der Waals surface area contributed by atoms with E-state index in [9.17, 15) is 9.90 Å². The number of rotatable bonds is 5. The first kappa shape index (κ1) is 15.3. The Labute approximate surface area is 125 Å². The van der Waals surface area contributed by atoms with E-state index in [1.807, 2.05) is 61.5 Å². The largest absolute Gasteiger partial charge is 0.394 e. The van der Waals surface area contributed by atoms with Crippen LogP contribution in [0, 0.1) is 0 Å². The molecular weight excluding hydrogens is 262 g/mol. The highest BCUT2D eigenvalue weighted by Gasteiger charge is 2.28. The molecule has 0 saturated carbocycles. The molecule has 2 N–H and O–H groups in total. The Kier molecular flexibility index (Phi) is 4.76. The van der Waals surface area contributed by atoms with Crippen molar-refractivity contribution in [3.8, 4) is 0 Å². The average molecular weight is 283 g/mol. The number of carbonyl (C=O) groups is 1. The number of aryl methyl sites for hydroxylation is 1. The van der Waals surface area contributed by atoms with E-state index >= 15 is 0 Å². The molecule has 0 radical (unpaired) electrons. The lowest BCUT2D eigenvalue weighted by Crippen LogP contribution is -2.46. The first-order valence-corrected chi connectivity index (χ1v) is 7.17. The summed E-state index contributed by atoms with van der Waals surface area (Å²) in [5.74, 6) is -0.182. The van der Waals surface area contributed by atoms with Crippen LogP contribution in [0.15, 0.2) is 54.6 Å². The smallest absolute Gasteiger partial charge is 0.252 e. The molecule has 1 atom stereocenters. The van der Waals surface area contributed by atoms with Gasteiger partial charge in [0, 0.05) is 5.56 Å². The fourth-order valence-corrected chi connectivity index (χ4v) is 2.22. The number of benzene rings is 2. The topological polar surface area (TPSA) is 49.3 Å². The number of aliphatic hydroxyl groups is 1. The number of hydrogen-bond acceptors (Lipinski definition) is 2. The maximum atomic E-state index is 12.4. The van der Waals surface area contributed by atoms with Gasteiger partial charge in [-0.1, -0.05) is 49.4 Å². The summed E-state index contributed by atoms with van der Waals surface area (Å²) in [5.41, 5.74) is 1.88. The van der Waals surface area contributed by atoms with Crippen LogP contribution in [0.1, 0.15) is 35.3 Å². The van der Waals surface area contributed by atoms with Gasteiger partial charge in [0.25, 0.3) is 5.91 Å². The zero-order valence-corrected chi connectivity index (χ0v) is 12.5. The van der Waals surface area contributed by atoms with Gasteiger partial charge in [0.1, 0.15) is 0 Å². The number of aliphatic hydroxyl groups excluding tert-OH is 1. The van der Waals surface area contributed by atoms with Gasteiger partial charge in [0.2, 0.25) is 0 Å². The summed E-state index contributed by atoms with van der Waals surface area (Å²) >= 11 is 0. The first-order valence-electron chi connectivity index (χ1n) is 7.17. The highest BCUT2D eigenvalue weighted by atomic mass is 16.3. The minimum Gasteiger partial charge on any atom is -0.394 e. The maximum absolute atomic E-state index is 12.4. The standard InChI is InChI=1S/C18H21NO2/c1-3-14-9-11-15(12-10-14)17(21)19-18(2,13-20)16-7-5-4-6-8-16/h4-12,20H,3,13H2,1-2H3,(H,19,21). The van der Waals surface area contributed by atoms with Gasteiger partial charge in [0.15, 0.2) is 0 Å². The molecule has 3 heteroatoms. The second-order valence-corrected chi connectivity index (χ2v) is 5.36. The predicted molar refractivity (Wildman–Crippen MR) is 84.2 cm³/mol. The maximum Gasteiger partial charge on any atom is 0.252 e. The molecule has 0 aliphatic heterocycles. The van der Waals surface area contributed by atoms with Crippen molar-refractivity contribution < 1.29 is 9.90 Å². The molecule has 3 nitrogen and oxygen atoms in total. The van der Waals surface area contributed by atoms with E-state index < -0.39 is 5.54 Å². The van der Waals surface area contributed by atoms with Crippen molar-refractivity contribution in [3.05, 3.63) is 71.3 Å². The SMILES string of the molecule is CCc1ccc(C(=O)NC(C)(CO)c2ccccc2)cc1. The van der Waals surface area contributed by atoms with Crippen molar-refractivity contribution in [2.45, 2.75) is 25.8 Å². The van der Waals surface area contributed by atoms with Crippen LogP contribution in [0.2, 0.25) is 0 Å². The second kappa shape index (κ2) is 6.55. The van der Waals surface area contributed by atoms with Crippen molar-refractivity contribution in [1.29, 1.82) is 0 Å². The number of amides is 1. The molecular formula is C18H21NO2. The third-order valence-electron chi connectivity index (χ3n) is 3.74. The van der Waals surface area contributed by atoms with Crippen LogP contribution in [-0.4, -0.2) is 17.6 Å². The molecule has 0 aliphatic rings. The van der Waals surface area contributed by atoms with E-state index in [0.29, 0.717) is 5.56 Å². The van der Waals surface area contributed by atoms with Gasteiger partial charge >= 0.3 is 0 Å². The van der Waals surface area contributed by atoms with E-state index in [-0.39, 0.29) is 12.5 Å². The molecule has 0 spiro atoms. The Morgan fingerprint density at radius 1 is 1.10 bits per heavy atom. The minimum absolute atomic E-state index is 0.157. The molecule has 0 bridgehead atoms. The van der Waals surface area contributed by atoms with Crippen molar-refractivity contribution in [2.75, 3.05) is 6.61 Å². The molecule has 1 amide bonds. The number of hydrogen-bond donors (Lipinski definition) is 2. The van der Waals surface area contributed by atoms with Gasteiger partial charge in [-0.25, -0.2) is 0 Å². The van der Waals surface area contributed by atoms with Gasteiger partial charge in [-0.2, -0.15) is 0 Å². The van der Waals surface area contributed by atoms with Crippen LogP contribution in [0.5, 0.6) is 0 Å². The van der Waals surface area contributed by atoms with E-state index in [1.165, 1.54) is 5.56 Å². The minimum atomic E-state index is -0.790. The van der Waals surface area contributed by atoms with Crippen LogP contribution < -0.4 is 5.32 Å². The van der Waals surface area contributed by atoms with E-state index in [1.54, 1.807) is 0 Å². The van der Waals surface area contributed by atoms with Gasteiger partial charge < -0.3 is 10.4 Å². The van der Waals surface area contributed by atoms with E-state index in [4.69, 9.17) is 0 Å². The molecule has 2 rings (SSSR count).